The third-order valence-electron chi connectivity index (χ3n) is 6.76. The molecule has 1 aliphatic heterocycles. The van der Waals surface area contributed by atoms with Crippen LogP contribution in [0.15, 0.2) is 47.3 Å². The van der Waals surface area contributed by atoms with Crippen molar-refractivity contribution >= 4 is 49.8 Å². The number of fused-ring (bicyclic) bond motifs is 3. The van der Waals surface area contributed by atoms with Crippen molar-refractivity contribution in [3.63, 3.8) is 0 Å². The van der Waals surface area contributed by atoms with Gasteiger partial charge in [0.05, 0.1) is 17.1 Å². The Morgan fingerprint density at radius 3 is 2.65 bits per heavy atom. The first-order valence-corrected chi connectivity index (χ1v) is 12.7. The summed E-state index contributed by atoms with van der Waals surface area (Å²) in [6, 6.07) is 13.4. The van der Waals surface area contributed by atoms with E-state index >= 15 is 0 Å². The smallest absolute Gasteiger partial charge is 0.266 e. The molecule has 1 saturated carbocycles. The number of hydrogen-bond donors (Lipinski definition) is 1. The first kappa shape index (κ1) is 21.5. The molecule has 3 heterocycles. The minimum absolute atomic E-state index is 0.0781. The summed E-state index contributed by atoms with van der Waals surface area (Å²) in [5.41, 5.74) is 1.02. The number of aromatic nitrogens is 1. The molecule has 1 amide bonds. The van der Waals surface area contributed by atoms with Gasteiger partial charge in [0.1, 0.15) is 4.88 Å². The van der Waals surface area contributed by atoms with Crippen molar-refractivity contribution in [2.45, 2.75) is 44.7 Å². The Bertz CT molecular complexity index is 1470. The summed E-state index contributed by atoms with van der Waals surface area (Å²) in [4.78, 5) is 32.3. The van der Waals surface area contributed by atoms with E-state index in [-0.39, 0.29) is 30.8 Å². The number of hydrogen-bond acceptors (Lipinski definition) is 5. The van der Waals surface area contributed by atoms with Crippen LogP contribution in [0.2, 0.25) is 5.02 Å². The van der Waals surface area contributed by atoms with Crippen molar-refractivity contribution in [3.05, 3.63) is 68.3 Å². The Labute approximate surface area is 205 Å². The molecule has 0 atom stereocenters. The van der Waals surface area contributed by atoms with Gasteiger partial charge in [-0.25, -0.2) is 0 Å². The van der Waals surface area contributed by atoms with E-state index in [2.05, 4.69) is 4.98 Å². The average Bonchev–Trinajstić information content (AvgIpc) is 3.45. The molecule has 1 aliphatic carbocycles. The van der Waals surface area contributed by atoms with Crippen LogP contribution in [0.1, 0.15) is 47.3 Å². The molecule has 174 valence electrons. The fourth-order valence-corrected chi connectivity index (χ4v) is 6.45. The van der Waals surface area contributed by atoms with Crippen LogP contribution in [0.3, 0.4) is 0 Å². The molecule has 0 spiro atoms. The van der Waals surface area contributed by atoms with Crippen LogP contribution in [-0.4, -0.2) is 28.6 Å². The lowest BCUT2D eigenvalue weighted by molar-refractivity contribution is 0.0618. The number of rotatable bonds is 4. The minimum atomic E-state index is -0.206. The van der Waals surface area contributed by atoms with E-state index in [0.29, 0.717) is 32.5 Å². The van der Waals surface area contributed by atoms with Gasteiger partial charge in [0, 0.05) is 33.1 Å². The highest BCUT2D eigenvalue weighted by Gasteiger charge is 2.30. The van der Waals surface area contributed by atoms with Crippen molar-refractivity contribution in [2.24, 2.45) is 0 Å². The summed E-state index contributed by atoms with van der Waals surface area (Å²) in [5.74, 6) is 1.17. The maximum atomic E-state index is 13.9. The fraction of sp³-hybridized carbons (Fsp3) is 0.308. The zero-order valence-corrected chi connectivity index (χ0v) is 20.0. The number of H-pyrrole nitrogens is 1. The van der Waals surface area contributed by atoms with Crippen LogP contribution >= 0.6 is 22.9 Å². The van der Waals surface area contributed by atoms with Crippen molar-refractivity contribution in [1.82, 2.24) is 9.88 Å². The molecular weight excluding hydrogens is 472 g/mol. The third kappa shape index (κ3) is 3.73. The molecule has 8 heteroatoms. The number of ether oxygens (including phenoxy) is 2. The van der Waals surface area contributed by atoms with Gasteiger partial charge < -0.3 is 19.4 Å². The third-order valence-corrected chi connectivity index (χ3v) is 8.42. The monoisotopic (exact) mass is 494 g/mol. The van der Waals surface area contributed by atoms with Gasteiger partial charge in [-0.3, -0.25) is 9.59 Å². The Morgan fingerprint density at radius 2 is 1.85 bits per heavy atom. The number of benzene rings is 2. The lowest BCUT2D eigenvalue weighted by Crippen LogP contribution is -2.41. The maximum absolute atomic E-state index is 13.9. The molecule has 2 aromatic heterocycles. The summed E-state index contributed by atoms with van der Waals surface area (Å²) in [6.45, 7) is 0.399. The number of nitrogens with zero attached hydrogens (tertiary/aromatic N) is 1. The summed E-state index contributed by atoms with van der Waals surface area (Å²) in [6.07, 6.45) is 5.18. The Morgan fingerprint density at radius 1 is 1.09 bits per heavy atom. The zero-order chi connectivity index (χ0) is 23.2. The van der Waals surface area contributed by atoms with Crippen LogP contribution in [0, 0.1) is 0 Å². The van der Waals surface area contributed by atoms with Gasteiger partial charge >= 0.3 is 0 Å². The first-order valence-electron chi connectivity index (χ1n) is 11.5. The summed E-state index contributed by atoms with van der Waals surface area (Å²) in [7, 11) is 0. The number of halogens is 1. The van der Waals surface area contributed by atoms with Gasteiger partial charge in [-0.2, -0.15) is 0 Å². The highest BCUT2D eigenvalue weighted by molar-refractivity contribution is 7.21. The molecule has 0 saturated heterocycles. The summed E-state index contributed by atoms with van der Waals surface area (Å²) in [5, 5.41) is 2.22. The lowest BCUT2D eigenvalue weighted by Gasteiger charge is -2.34. The quantitative estimate of drug-likeness (QED) is 0.372. The predicted molar refractivity (Wildman–Crippen MR) is 134 cm³/mol. The fourth-order valence-electron chi connectivity index (χ4n) is 4.98. The highest BCUT2D eigenvalue weighted by Crippen LogP contribution is 2.38. The van der Waals surface area contributed by atoms with Crippen LogP contribution in [-0.2, 0) is 6.54 Å². The molecule has 0 radical (unpaired) electrons. The topological polar surface area (TPSA) is 71.6 Å². The highest BCUT2D eigenvalue weighted by atomic mass is 35.5. The number of carbonyl (C=O) groups is 1. The summed E-state index contributed by atoms with van der Waals surface area (Å²) < 4.78 is 11.9. The van der Waals surface area contributed by atoms with E-state index in [9.17, 15) is 9.59 Å². The standard InChI is InChI=1S/C26H23ClN2O4S/c27-23-18-8-4-5-9-22(18)34-24(23)26(31)29(17-6-2-1-3-7-17)13-16-10-15-11-20-21(33-14-32-20)12-19(15)28-25(16)30/h4-5,8-12,17H,1-3,6-7,13-14H2,(H,28,30). The normalized spacial score (nSPS) is 15.8. The number of aromatic amines is 1. The van der Waals surface area contributed by atoms with Gasteiger partial charge in [0.25, 0.3) is 11.5 Å². The number of pyridine rings is 1. The Kier molecular flexibility index (Phi) is 5.46. The zero-order valence-electron chi connectivity index (χ0n) is 18.4. The van der Waals surface area contributed by atoms with Crippen molar-refractivity contribution in [1.29, 1.82) is 0 Å². The molecule has 4 aromatic rings. The SMILES string of the molecule is O=C(c1sc2ccccc2c1Cl)N(Cc1cc2cc3c(cc2[nH]c1=O)OCO3)C1CCCCC1. The van der Waals surface area contributed by atoms with E-state index < -0.39 is 0 Å². The molecule has 0 bridgehead atoms. The van der Waals surface area contributed by atoms with E-state index in [1.807, 2.05) is 41.3 Å². The molecule has 1 fully saturated rings. The van der Waals surface area contributed by atoms with Gasteiger partial charge in [0.2, 0.25) is 6.79 Å². The Hall–Kier alpha value is -3.03. The van der Waals surface area contributed by atoms with E-state index in [1.165, 1.54) is 17.8 Å². The van der Waals surface area contributed by atoms with Crippen molar-refractivity contribution in [2.75, 3.05) is 6.79 Å². The predicted octanol–water partition coefficient (Wildman–Crippen LogP) is 6.10. The molecule has 6 nitrogen and oxygen atoms in total. The lowest BCUT2D eigenvalue weighted by atomic mass is 9.93. The molecule has 0 unspecified atom stereocenters. The van der Waals surface area contributed by atoms with E-state index in [1.54, 1.807) is 6.07 Å². The molecule has 1 N–H and O–H groups in total. The van der Waals surface area contributed by atoms with Crippen LogP contribution in [0.4, 0.5) is 0 Å². The first-order chi connectivity index (χ1) is 16.6. The molecule has 2 aliphatic rings. The van der Waals surface area contributed by atoms with Crippen LogP contribution in [0.5, 0.6) is 11.5 Å². The number of amides is 1. The van der Waals surface area contributed by atoms with Gasteiger partial charge in [-0.15, -0.1) is 11.3 Å². The second kappa shape index (κ2) is 8.64. The van der Waals surface area contributed by atoms with Gasteiger partial charge in [-0.1, -0.05) is 49.1 Å². The average molecular weight is 495 g/mol. The summed E-state index contributed by atoms with van der Waals surface area (Å²) >= 11 is 8.09. The Balaban J connectivity index is 1.40. The molecule has 2 aromatic carbocycles. The van der Waals surface area contributed by atoms with Crippen LogP contribution in [0.25, 0.3) is 21.0 Å². The number of carbonyl (C=O) groups excluding carboxylic acids is 1. The van der Waals surface area contributed by atoms with Gasteiger partial charge in [-0.05, 0) is 31.0 Å². The number of nitrogens with one attached hydrogen (secondary N) is 1. The van der Waals surface area contributed by atoms with E-state index in [4.69, 9.17) is 21.1 Å². The minimum Gasteiger partial charge on any atom is -0.454 e. The molecule has 6 rings (SSSR count). The number of thiophene rings is 1. The van der Waals surface area contributed by atoms with E-state index in [0.717, 1.165) is 41.2 Å². The molecule has 34 heavy (non-hydrogen) atoms. The van der Waals surface area contributed by atoms with Crippen LogP contribution < -0.4 is 15.0 Å². The van der Waals surface area contributed by atoms with Crippen molar-refractivity contribution < 1.29 is 14.3 Å². The van der Waals surface area contributed by atoms with Crippen molar-refractivity contribution in [3.8, 4) is 11.5 Å². The second-order valence-corrected chi connectivity index (χ2v) is 10.3. The largest absolute Gasteiger partial charge is 0.454 e. The van der Waals surface area contributed by atoms with Gasteiger partial charge in [0.15, 0.2) is 11.5 Å². The second-order valence-electron chi connectivity index (χ2n) is 8.88. The molecular formula is C26H23ClN2O4S. The maximum Gasteiger partial charge on any atom is 0.266 e.